The summed E-state index contributed by atoms with van der Waals surface area (Å²) in [6.07, 6.45) is -9.54. The fourth-order valence-electron chi connectivity index (χ4n) is 2.49. The molecule has 130 valence electrons. The molecule has 0 unspecified atom stereocenters. The van der Waals surface area contributed by atoms with Crippen molar-refractivity contribution in [2.24, 2.45) is 0 Å². The van der Waals surface area contributed by atoms with Crippen LogP contribution >= 0.6 is 0 Å². The van der Waals surface area contributed by atoms with Gasteiger partial charge in [0.15, 0.2) is 11.9 Å². The third-order valence-corrected chi connectivity index (χ3v) is 3.52. The number of aliphatic hydroxyl groups is 1. The predicted molar refractivity (Wildman–Crippen MR) is 76.6 cm³/mol. The summed E-state index contributed by atoms with van der Waals surface area (Å²) in [5, 5.41) is 9.89. The van der Waals surface area contributed by atoms with E-state index in [2.05, 4.69) is 0 Å². The van der Waals surface area contributed by atoms with Crippen LogP contribution < -0.4 is 0 Å². The molecule has 1 saturated heterocycles. The van der Waals surface area contributed by atoms with Crippen LogP contribution in [0.1, 0.15) is 25.8 Å². The molecule has 7 heteroatoms. The molecule has 2 rings (SSSR count). The van der Waals surface area contributed by atoms with Crippen LogP contribution in [0.25, 0.3) is 0 Å². The van der Waals surface area contributed by atoms with E-state index in [1.54, 1.807) is 0 Å². The molecule has 1 fully saturated rings. The number of rotatable bonds is 5. The van der Waals surface area contributed by atoms with E-state index in [0.717, 1.165) is 5.56 Å². The molecule has 0 spiro atoms. The first-order chi connectivity index (χ1) is 10.7. The summed E-state index contributed by atoms with van der Waals surface area (Å²) < 4.78 is 54.5. The van der Waals surface area contributed by atoms with Gasteiger partial charge in [0.1, 0.15) is 6.10 Å². The quantitative estimate of drug-likeness (QED) is 0.841. The zero-order valence-corrected chi connectivity index (χ0v) is 13.0. The van der Waals surface area contributed by atoms with Crippen molar-refractivity contribution in [3.63, 3.8) is 0 Å². The van der Waals surface area contributed by atoms with Crippen LogP contribution in [0.2, 0.25) is 0 Å². The van der Waals surface area contributed by atoms with Crippen molar-refractivity contribution in [2.45, 2.75) is 57.2 Å². The molecule has 1 N–H and O–H groups in total. The van der Waals surface area contributed by atoms with Crippen LogP contribution in [-0.4, -0.2) is 42.0 Å². The highest BCUT2D eigenvalue weighted by atomic mass is 19.4. The van der Waals surface area contributed by atoms with Crippen molar-refractivity contribution >= 4 is 0 Å². The second-order valence-corrected chi connectivity index (χ2v) is 5.95. The lowest BCUT2D eigenvalue weighted by molar-refractivity contribution is -0.384. The van der Waals surface area contributed by atoms with Crippen LogP contribution in [0.4, 0.5) is 13.2 Å². The standard InChI is InChI=1S/C16H21F3O4/c1-15(2)22-12(13(20)14(23-15)16(17,18)19)8-9-21-10-11-6-4-3-5-7-11/h3-7,12-14,20H,8-10H2,1-2H3/t12-,13-,14+/m0/s1. The lowest BCUT2D eigenvalue weighted by Gasteiger charge is -2.44. The van der Waals surface area contributed by atoms with Crippen LogP contribution in [0.15, 0.2) is 30.3 Å². The Kier molecular flexibility index (Phi) is 5.67. The summed E-state index contributed by atoms with van der Waals surface area (Å²) in [4.78, 5) is 0. The molecule has 1 aliphatic rings. The van der Waals surface area contributed by atoms with Crippen molar-refractivity contribution in [1.29, 1.82) is 0 Å². The second-order valence-electron chi connectivity index (χ2n) is 5.95. The van der Waals surface area contributed by atoms with Crippen molar-refractivity contribution in [3.05, 3.63) is 35.9 Å². The largest absolute Gasteiger partial charge is 0.417 e. The molecule has 0 radical (unpaired) electrons. The Morgan fingerprint density at radius 2 is 1.83 bits per heavy atom. The zero-order chi connectivity index (χ0) is 17.1. The van der Waals surface area contributed by atoms with Crippen molar-refractivity contribution < 1.29 is 32.5 Å². The number of benzene rings is 1. The minimum Gasteiger partial charge on any atom is -0.387 e. The van der Waals surface area contributed by atoms with E-state index >= 15 is 0 Å². The number of halogens is 3. The van der Waals surface area contributed by atoms with Gasteiger partial charge < -0.3 is 19.3 Å². The fourth-order valence-corrected chi connectivity index (χ4v) is 2.49. The van der Waals surface area contributed by atoms with Gasteiger partial charge >= 0.3 is 6.18 Å². The SMILES string of the molecule is CC1(C)O[C@@H](CCOCc2ccccc2)[C@H](O)[C@H](C(F)(F)F)O1. The van der Waals surface area contributed by atoms with Gasteiger partial charge in [-0.05, 0) is 25.8 Å². The van der Waals surface area contributed by atoms with Gasteiger partial charge in [0.05, 0.1) is 12.7 Å². The first-order valence-electron chi connectivity index (χ1n) is 7.41. The van der Waals surface area contributed by atoms with E-state index in [4.69, 9.17) is 14.2 Å². The number of aliphatic hydroxyl groups excluding tert-OH is 1. The van der Waals surface area contributed by atoms with Gasteiger partial charge in [0.25, 0.3) is 0 Å². The van der Waals surface area contributed by atoms with Gasteiger partial charge in [-0.25, -0.2) is 0 Å². The Labute approximate surface area is 133 Å². The number of hydrogen-bond acceptors (Lipinski definition) is 4. The molecule has 0 saturated carbocycles. The summed E-state index contributed by atoms with van der Waals surface area (Å²) >= 11 is 0. The Balaban J connectivity index is 1.87. The number of alkyl halides is 3. The molecule has 1 aromatic rings. The van der Waals surface area contributed by atoms with Gasteiger partial charge in [0.2, 0.25) is 0 Å². The topological polar surface area (TPSA) is 47.9 Å². The average molecular weight is 334 g/mol. The highest BCUT2D eigenvalue weighted by Crippen LogP contribution is 2.36. The molecule has 0 bridgehead atoms. The minimum atomic E-state index is -4.65. The summed E-state index contributed by atoms with van der Waals surface area (Å²) in [5.74, 6) is -1.41. The van der Waals surface area contributed by atoms with E-state index in [9.17, 15) is 18.3 Å². The van der Waals surface area contributed by atoms with Crippen molar-refractivity contribution in [1.82, 2.24) is 0 Å². The Hall–Kier alpha value is -1.15. The van der Waals surface area contributed by atoms with Crippen LogP contribution in [0.5, 0.6) is 0 Å². The summed E-state index contributed by atoms with van der Waals surface area (Å²) in [5.41, 5.74) is 0.967. The molecule has 1 aliphatic heterocycles. The van der Waals surface area contributed by atoms with E-state index in [-0.39, 0.29) is 13.0 Å². The summed E-state index contributed by atoms with van der Waals surface area (Å²) in [6.45, 7) is 3.33. The maximum Gasteiger partial charge on any atom is 0.417 e. The highest BCUT2D eigenvalue weighted by molar-refractivity contribution is 5.13. The maximum atomic E-state index is 12.9. The van der Waals surface area contributed by atoms with Crippen LogP contribution in [0.3, 0.4) is 0 Å². The van der Waals surface area contributed by atoms with Crippen LogP contribution in [-0.2, 0) is 20.8 Å². The smallest absolute Gasteiger partial charge is 0.387 e. The molecular weight excluding hydrogens is 313 g/mol. The average Bonchev–Trinajstić information content (AvgIpc) is 2.46. The lowest BCUT2D eigenvalue weighted by atomic mass is 10.0. The van der Waals surface area contributed by atoms with E-state index in [1.807, 2.05) is 30.3 Å². The van der Waals surface area contributed by atoms with Gasteiger partial charge in [-0.15, -0.1) is 0 Å². The molecule has 0 aliphatic carbocycles. The van der Waals surface area contributed by atoms with Gasteiger partial charge in [-0.1, -0.05) is 30.3 Å². The molecular formula is C16H21F3O4. The maximum absolute atomic E-state index is 12.9. The van der Waals surface area contributed by atoms with E-state index in [1.165, 1.54) is 13.8 Å². The van der Waals surface area contributed by atoms with Crippen molar-refractivity contribution in [2.75, 3.05) is 6.61 Å². The Bertz CT molecular complexity index is 490. The molecule has 0 aromatic heterocycles. The molecule has 23 heavy (non-hydrogen) atoms. The third-order valence-electron chi connectivity index (χ3n) is 3.52. The van der Waals surface area contributed by atoms with Gasteiger partial charge in [-0.3, -0.25) is 0 Å². The van der Waals surface area contributed by atoms with Gasteiger partial charge in [-0.2, -0.15) is 13.2 Å². The molecule has 0 amide bonds. The Morgan fingerprint density at radius 1 is 1.17 bits per heavy atom. The van der Waals surface area contributed by atoms with Crippen LogP contribution in [0, 0.1) is 0 Å². The molecule has 3 atom stereocenters. The highest BCUT2D eigenvalue weighted by Gasteiger charge is 2.54. The number of hydrogen-bond donors (Lipinski definition) is 1. The number of ether oxygens (including phenoxy) is 3. The summed E-state index contributed by atoms with van der Waals surface area (Å²) in [6, 6.07) is 9.42. The predicted octanol–water partition coefficient (Wildman–Crippen LogP) is 3.04. The van der Waals surface area contributed by atoms with Crippen molar-refractivity contribution in [3.8, 4) is 0 Å². The Morgan fingerprint density at radius 3 is 2.43 bits per heavy atom. The summed E-state index contributed by atoms with van der Waals surface area (Å²) in [7, 11) is 0. The first kappa shape index (κ1) is 18.2. The fraction of sp³-hybridized carbons (Fsp3) is 0.625. The third kappa shape index (κ3) is 5.17. The van der Waals surface area contributed by atoms with E-state index in [0.29, 0.717) is 6.61 Å². The molecule has 1 aromatic carbocycles. The molecule has 4 nitrogen and oxygen atoms in total. The minimum absolute atomic E-state index is 0.146. The van der Waals surface area contributed by atoms with Gasteiger partial charge in [0, 0.05) is 6.61 Å². The monoisotopic (exact) mass is 334 g/mol. The lowest BCUT2D eigenvalue weighted by Crippen LogP contribution is -2.59. The second kappa shape index (κ2) is 7.17. The first-order valence-corrected chi connectivity index (χ1v) is 7.41. The van der Waals surface area contributed by atoms with E-state index < -0.39 is 30.3 Å². The normalized spacial score (nSPS) is 27.8. The molecule has 1 heterocycles. The zero-order valence-electron chi connectivity index (χ0n) is 13.0.